The van der Waals surface area contributed by atoms with Gasteiger partial charge in [0.05, 0.1) is 17.0 Å². The fourth-order valence-electron chi connectivity index (χ4n) is 2.93. The second-order valence-corrected chi connectivity index (χ2v) is 9.21. The number of fused-ring (bicyclic) bond motifs is 1. The predicted molar refractivity (Wildman–Crippen MR) is 91.9 cm³/mol. The van der Waals surface area contributed by atoms with Crippen LogP contribution < -0.4 is 0 Å². The maximum Gasteiger partial charge on any atom is 0.307 e. The van der Waals surface area contributed by atoms with Crippen molar-refractivity contribution in [3.8, 4) is 0 Å². The van der Waals surface area contributed by atoms with Crippen molar-refractivity contribution < 1.29 is 28.6 Å². The maximum atomic E-state index is 13.0. The van der Waals surface area contributed by atoms with Gasteiger partial charge in [-0.05, 0) is 24.5 Å². The number of carboxylic acids is 1. The first-order chi connectivity index (χ1) is 11.7. The van der Waals surface area contributed by atoms with E-state index in [9.17, 15) is 24.1 Å². The Kier molecular flexibility index (Phi) is 5.80. The van der Waals surface area contributed by atoms with Crippen LogP contribution in [0.1, 0.15) is 41.0 Å². The van der Waals surface area contributed by atoms with Crippen LogP contribution in [0.25, 0.3) is 0 Å². The van der Waals surface area contributed by atoms with Crippen LogP contribution in [0.15, 0.2) is 24.3 Å². The van der Waals surface area contributed by atoms with E-state index in [0.717, 1.165) is 4.90 Å². The lowest BCUT2D eigenvalue weighted by Gasteiger charge is -2.25. The van der Waals surface area contributed by atoms with E-state index in [1.165, 1.54) is 19.2 Å². The van der Waals surface area contributed by atoms with E-state index < -0.39 is 37.4 Å². The van der Waals surface area contributed by atoms with Crippen LogP contribution in [0.5, 0.6) is 0 Å². The fraction of sp³-hybridized carbons (Fsp3) is 0.471. The van der Waals surface area contributed by atoms with Gasteiger partial charge in [-0.15, -0.1) is 0 Å². The minimum atomic E-state index is -3.52. The predicted octanol–water partition coefficient (Wildman–Crippen LogP) is 2.91. The van der Waals surface area contributed by atoms with Crippen molar-refractivity contribution in [1.29, 1.82) is 0 Å². The number of nitrogens with zero attached hydrogens (tertiary/aromatic N) is 1. The molecule has 1 aromatic carbocycles. The van der Waals surface area contributed by atoms with Crippen molar-refractivity contribution >= 4 is 25.2 Å². The number of amides is 2. The average molecular weight is 367 g/mol. The summed E-state index contributed by atoms with van der Waals surface area (Å²) in [7, 11) is -2.30. The fourth-order valence-corrected chi connectivity index (χ4v) is 4.98. The summed E-state index contributed by atoms with van der Waals surface area (Å²) in [6, 6.07) is 6.36. The Hall–Kier alpha value is -1.98. The molecule has 0 spiro atoms. The van der Waals surface area contributed by atoms with E-state index >= 15 is 0 Å². The Morgan fingerprint density at radius 2 is 1.72 bits per heavy atom. The number of carbonyl (C=O) groups is 3. The molecule has 1 aromatic rings. The van der Waals surface area contributed by atoms with Gasteiger partial charge in [0.2, 0.25) is 7.37 Å². The van der Waals surface area contributed by atoms with Gasteiger partial charge in [0.25, 0.3) is 11.8 Å². The Morgan fingerprint density at radius 1 is 1.20 bits per heavy atom. The van der Waals surface area contributed by atoms with Crippen molar-refractivity contribution in [3.63, 3.8) is 0 Å². The number of benzene rings is 1. The van der Waals surface area contributed by atoms with Crippen LogP contribution in [0.3, 0.4) is 0 Å². The summed E-state index contributed by atoms with van der Waals surface area (Å²) in [6.07, 6.45) is -0.299. The summed E-state index contributed by atoms with van der Waals surface area (Å²) in [6.45, 7) is 3.75. The SMILES string of the molecule is COP(=O)(C[C@@H](CC(C)C)C(=O)O)CN1C(=O)c2ccccc2C1=O. The molecule has 2 atom stereocenters. The third-order valence-corrected chi connectivity index (χ3v) is 6.55. The van der Waals surface area contributed by atoms with Crippen LogP contribution in [-0.2, 0) is 13.9 Å². The summed E-state index contributed by atoms with van der Waals surface area (Å²) in [5.74, 6) is -2.89. The van der Waals surface area contributed by atoms with Crippen LogP contribution in [0.2, 0.25) is 0 Å². The first-order valence-corrected chi connectivity index (χ1v) is 10.00. The zero-order chi connectivity index (χ0) is 18.8. The summed E-state index contributed by atoms with van der Waals surface area (Å²) >= 11 is 0. The maximum absolute atomic E-state index is 13.0. The highest BCUT2D eigenvalue weighted by Crippen LogP contribution is 2.50. The van der Waals surface area contributed by atoms with E-state index in [4.69, 9.17) is 4.52 Å². The molecule has 2 amide bonds. The zero-order valence-electron chi connectivity index (χ0n) is 14.5. The highest BCUT2D eigenvalue weighted by atomic mass is 31.2. The molecule has 1 unspecified atom stereocenters. The number of hydrogen-bond donors (Lipinski definition) is 1. The molecule has 7 nitrogen and oxygen atoms in total. The van der Waals surface area contributed by atoms with Crippen molar-refractivity contribution in [2.45, 2.75) is 20.3 Å². The number of carbonyl (C=O) groups excluding carboxylic acids is 2. The third-order valence-electron chi connectivity index (χ3n) is 4.17. The van der Waals surface area contributed by atoms with Gasteiger partial charge in [-0.1, -0.05) is 26.0 Å². The van der Waals surface area contributed by atoms with Gasteiger partial charge >= 0.3 is 5.97 Å². The van der Waals surface area contributed by atoms with E-state index in [0.29, 0.717) is 6.42 Å². The molecule has 0 saturated carbocycles. The van der Waals surface area contributed by atoms with Gasteiger partial charge in [0, 0.05) is 13.3 Å². The molecule has 0 aliphatic carbocycles. The largest absolute Gasteiger partial charge is 0.481 e. The quantitative estimate of drug-likeness (QED) is 0.560. The van der Waals surface area contributed by atoms with Crippen LogP contribution >= 0.6 is 7.37 Å². The molecule has 8 heteroatoms. The molecular weight excluding hydrogens is 345 g/mol. The minimum Gasteiger partial charge on any atom is -0.481 e. The molecule has 2 rings (SSSR count). The van der Waals surface area contributed by atoms with Crippen molar-refractivity contribution in [3.05, 3.63) is 35.4 Å². The van der Waals surface area contributed by atoms with Gasteiger partial charge in [0.1, 0.15) is 6.29 Å². The van der Waals surface area contributed by atoms with Gasteiger partial charge in [-0.25, -0.2) is 0 Å². The van der Waals surface area contributed by atoms with Crippen molar-refractivity contribution in [2.24, 2.45) is 11.8 Å². The van der Waals surface area contributed by atoms with Crippen molar-refractivity contribution in [1.82, 2.24) is 4.90 Å². The first kappa shape index (κ1) is 19.3. The summed E-state index contributed by atoms with van der Waals surface area (Å²) in [4.78, 5) is 37.2. The number of rotatable bonds is 8. The second kappa shape index (κ2) is 7.50. The average Bonchev–Trinajstić information content (AvgIpc) is 2.79. The molecule has 1 heterocycles. The summed E-state index contributed by atoms with van der Waals surface area (Å²) < 4.78 is 18.1. The molecule has 0 fully saturated rings. The molecule has 0 saturated heterocycles. The van der Waals surface area contributed by atoms with E-state index in [-0.39, 0.29) is 23.2 Å². The third kappa shape index (κ3) is 4.17. The molecule has 1 aliphatic heterocycles. The van der Waals surface area contributed by atoms with E-state index in [1.807, 2.05) is 13.8 Å². The zero-order valence-corrected chi connectivity index (χ0v) is 15.4. The molecule has 1 aliphatic rings. The van der Waals surface area contributed by atoms with Gasteiger partial charge in [0.15, 0.2) is 0 Å². The molecule has 136 valence electrons. The van der Waals surface area contributed by atoms with Gasteiger partial charge < -0.3 is 9.63 Å². The molecular formula is C17H22NO6P. The Balaban J connectivity index is 2.21. The second-order valence-electron chi connectivity index (χ2n) is 6.57. The molecule has 0 radical (unpaired) electrons. The molecule has 0 bridgehead atoms. The normalized spacial score (nSPS) is 17.5. The van der Waals surface area contributed by atoms with Crippen molar-refractivity contribution in [2.75, 3.05) is 19.6 Å². The Morgan fingerprint density at radius 3 is 2.12 bits per heavy atom. The lowest BCUT2D eigenvalue weighted by Crippen LogP contribution is -2.32. The van der Waals surface area contributed by atoms with Gasteiger partial charge in [-0.3, -0.25) is 23.8 Å². The highest BCUT2D eigenvalue weighted by Gasteiger charge is 2.41. The van der Waals surface area contributed by atoms with E-state index in [1.54, 1.807) is 12.1 Å². The minimum absolute atomic E-state index is 0.103. The lowest BCUT2D eigenvalue weighted by atomic mass is 9.99. The number of imide groups is 1. The smallest absolute Gasteiger partial charge is 0.307 e. The Labute approximate surface area is 146 Å². The topological polar surface area (TPSA) is 101 Å². The van der Waals surface area contributed by atoms with Crippen LogP contribution in [0.4, 0.5) is 0 Å². The molecule has 1 N–H and O–H groups in total. The standard InChI is InChI=1S/C17H22NO6P/c1-11(2)8-12(17(21)22)9-25(23,24-3)10-18-15(19)13-6-4-5-7-14(13)16(18)20/h4-7,11-12H,8-10H2,1-3H3,(H,21,22)/t12-,25?/m1/s1. The number of hydrogen-bond acceptors (Lipinski definition) is 5. The molecule has 0 aromatic heterocycles. The number of carboxylic acid groups (broad SMARTS) is 1. The first-order valence-electron chi connectivity index (χ1n) is 8.00. The van der Waals surface area contributed by atoms with E-state index in [2.05, 4.69) is 0 Å². The highest BCUT2D eigenvalue weighted by molar-refractivity contribution is 7.59. The van der Waals surface area contributed by atoms with Gasteiger partial charge in [-0.2, -0.15) is 0 Å². The molecule has 25 heavy (non-hydrogen) atoms. The summed E-state index contributed by atoms with van der Waals surface area (Å²) in [5, 5.41) is 9.36. The van der Waals surface area contributed by atoms with Crippen LogP contribution in [-0.4, -0.2) is 47.3 Å². The van der Waals surface area contributed by atoms with Crippen LogP contribution in [0, 0.1) is 11.8 Å². The monoisotopic (exact) mass is 367 g/mol. The lowest BCUT2D eigenvalue weighted by molar-refractivity contribution is -0.141. The summed E-state index contributed by atoms with van der Waals surface area (Å²) in [5.41, 5.74) is 0.513. The number of aliphatic carboxylic acids is 1. The Bertz CT molecular complexity index is 709.